The second kappa shape index (κ2) is 9.66. The largest absolute Gasteiger partial charge is 0.490 e. The van der Waals surface area contributed by atoms with Gasteiger partial charge in [0.25, 0.3) is 5.56 Å². The summed E-state index contributed by atoms with van der Waals surface area (Å²) in [6.07, 6.45) is -11.9. The Morgan fingerprint density at radius 3 is 2.24 bits per heavy atom. The fraction of sp³-hybridized carbons (Fsp3) is 0.600. The molecule has 1 aliphatic heterocycles. The van der Waals surface area contributed by atoms with Crippen molar-refractivity contribution in [2.24, 2.45) is 5.92 Å². The van der Waals surface area contributed by atoms with E-state index in [0.717, 1.165) is 0 Å². The first-order valence-electron chi connectivity index (χ1n) is 7.92. The highest BCUT2D eigenvalue weighted by atomic mass is 32.1. The van der Waals surface area contributed by atoms with Crippen molar-refractivity contribution in [2.75, 3.05) is 6.61 Å². The van der Waals surface area contributed by atoms with Crippen LogP contribution in [0, 0.1) is 16.5 Å². The number of nitrogens with one attached hydrogen (secondary N) is 1. The van der Waals surface area contributed by atoms with Crippen LogP contribution in [0.4, 0.5) is 17.6 Å². The standard InChI is InChI=1S/C10H13F4N2O13P3S/c11-3-1-16(9(33)15-7(3)18)8-5(10(12,13)14)6(17)4(27-8)2-26-31(22,23)29-32(24,25)28-30(19,20)21/h1,4-6,8,17H,2H2,(H,22,23)(H,24,25)(H,15,18,33)(H2,19,20,21)/t4-,5+,6?,8-/m1/s1. The number of H-pyrrole nitrogens is 1. The number of aliphatic hydroxyl groups excluding tert-OH is 1. The van der Waals surface area contributed by atoms with Crippen LogP contribution in [0.25, 0.3) is 0 Å². The Labute approximate surface area is 184 Å². The molecule has 0 radical (unpaired) electrons. The molecule has 0 bridgehead atoms. The topological polar surface area (TPSA) is 227 Å². The maximum atomic E-state index is 13.6. The number of hydrogen-bond donors (Lipinski definition) is 6. The zero-order valence-corrected chi connectivity index (χ0v) is 18.8. The fourth-order valence-electron chi connectivity index (χ4n) is 2.60. The zero-order valence-electron chi connectivity index (χ0n) is 15.3. The zero-order chi connectivity index (χ0) is 25.6. The van der Waals surface area contributed by atoms with Crippen molar-refractivity contribution in [1.29, 1.82) is 0 Å². The second-order valence-corrected chi connectivity index (χ2v) is 11.0. The maximum absolute atomic E-state index is 13.6. The molecule has 33 heavy (non-hydrogen) atoms. The molecule has 2 rings (SSSR count). The number of rotatable bonds is 8. The van der Waals surface area contributed by atoms with Crippen LogP contribution in [0.3, 0.4) is 0 Å². The molecule has 190 valence electrons. The number of ether oxygens (including phenoxy) is 1. The molecule has 1 fully saturated rings. The molecule has 1 saturated heterocycles. The predicted octanol–water partition coefficient (Wildman–Crippen LogP) is 0.825. The number of phosphoric ester groups is 1. The van der Waals surface area contributed by atoms with Crippen molar-refractivity contribution in [3.63, 3.8) is 0 Å². The van der Waals surface area contributed by atoms with Crippen LogP contribution in [-0.4, -0.2) is 59.2 Å². The third-order valence-electron chi connectivity index (χ3n) is 3.76. The lowest BCUT2D eigenvalue weighted by molar-refractivity contribution is -0.211. The van der Waals surface area contributed by atoms with Crippen LogP contribution in [0.2, 0.25) is 0 Å². The van der Waals surface area contributed by atoms with Gasteiger partial charge < -0.3 is 29.4 Å². The highest BCUT2D eigenvalue weighted by Gasteiger charge is 2.58. The van der Waals surface area contributed by atoms with Crippen molar-refractivity contribution >= 4 is 35.7 Å². The van der Waals surface area contributed by atoms with Gasteiger partial charge in [-0.2, -0.15) is 26.2 Å². The number of hydrogen-bond acceptors (Lipinski definition) is 10. The van der Waals surface area contributed by atoms with Crippen LogP contribution < -0.4 is 5.56 Å². The van der Waals surface area contributed by atoms with Crippen LogP contribution >= 0.6 is 35.7 Å². The smallest absolute Gasteiger partial charge is 0.389 e. The maximum Gasteiger partial charge on any atom is 0.490 e. The summed E-state index contributed by atoms with van der Waals surface area (Å²) < 4.78 is 103. The highest BCUT2D eigenvalue weighted by Crippen LogP contribution is 2.66. The van der Waals surface area contributed by atoms with Gasteiger partial charge in [0.2, 0.25) is 5.82 Å². The van der Waals surface area contributed by atoms with Gasteiger partial charge in [0, 0.05) is 0 Å². The van der Waals surface area contributed by atoms with Gasteiger partial charge in [-0.1, -0.05) is 0 Å². The van der Waals surface area contributed by atoms with Gasteiger partial charge in [-0.3, -0.25) is 18.9 Å². The van der Waals surface area contributed by atoms with Crippen LogP contribution in [-0.2, 0) is 31.6 Å². The molecule has 0 spiro atoms. The lowest BCUT2D eigenvalue weighted by atomic mass is 9.99. The summed E-state index contributed by atoms with van der Waals surface area (Å²) in [5.41, 5.74) is -1.36. The molecule has 23 heteroatoms. The van der Waals surface area contributed by atoms with E-state index in [0.29, 0.717) is 4.57 Å². The van der Waals surface area contributed by atoms with E-state index < -0.39 is 76.8 Å². The van der Waals surface area contributed by atoms with Crippen molar-refractivity contribution in [3.8, 4) is 0 Å². The summed E-state index contributed by atoms with van der Waals surface area (Å²) in [4.78, 5) is 48.2. The predicted molar refractivity (Wildman–Crippen MR) is 95.1 cm³/mol. The van der Waals surface area contributed by atoms with Crippen LogP contribution in [0.5, 0.6) is 0 Å². The number of alkyl halides is 3. The summed E-state index contributed by atoms with van der Waals surface area (Å²) in [6, 6.07) is 0. The average molecular weight is 570 g/mol. The number of aromatic amines is 1. The molecule has 2 heterocycles. The van der Waals surface area contributed by atoms with E-state index in [-0.39, 0.29) is 6.20 Å². The molecule has 1 aliphatic rings. The van der Waals surface area contributed by atoms with E-state index in [1.807, 2.05) is 0 Å². The lowest BCUT2D eigenvalue weighted by Crippen LogP contribution is -2.39. The third kappa shape index (κ3) is 7.57. The van der Waals surface area contributed by atoms with E-state index in [9.17, 15) is 46.1 Å². The number of halogens is 4. The SMILES string of the molecule is O=c1[nH]c(=S)n([C@@H]2O[C@H](COP(=O)(O)OP(=O)(O)OP(=O)(O)O)C(O)[C@@H]2C(F)(F)F)cc1F. The molecule has 0 aromatic carbocycles. The average Bonchev–Trinajstić information content (AvgIpc) is 2.89. The Hall–Kier alpha value is -0.850. The number of phosphoric acid groups is 3. The Kier molecular flexibility index (Phi) is 8.31. The van der Waals surface area contributed by atoms with Crippen molar-refractivity contribution < 1.29 is 73.8 Å². The lowest BCUT2D eigenvalue weighted by Gasteiger charge is -2.24. The summed E-state index contributed by atoms with van der Waals surface area (Å²) in [7, 11) is -17.3. The molecule has 1 aromatic rings. The minimum atomic E-state index is -5.91. The molecule has 3 unspecified atom stereocenters. The molecule has 6 atom stereocenters. The first-order valence-corrected chi connectivity index (χ1v) is 12.8. The van der Waals surface area contributed by atoms with Crippen LogP contribution in [0.15, 0.2) is 11.0 Å². The molecular formula is C10H13F4N2O13P3S. The number of nitrogens with zero attached hydrogens (tertiary/aromatic N) is 1. The quantitative estimate of drug-likeness (QED) is 0.145. The normalized spacial score (nSPS) is 27.8. The van der Waals surface area contributed by atoms with E-state index in [4.69, 9.17) is 19.4 Å². The fourth-order valence-corrected chi connectivity index (χ4v) is 5.88. The third-order valence-corrected chi connectivity index (χ3v) is 7.88. The van der Waals surface area contributed by atoms with Gasteiger partial charge in [-0.05, 0) is 12.2 Å². The van der Waals surface area contributed by atoms with Crippen molar-refractivity contribution in [2.45, 2.75) is 24.6 Å². The molecule has 1 aromatic heterocycles. The molecule has 0 aliphatic carbocycles. The minimum Gasteiger partial charge on any atom is -0.389 e. The van der Waals surface area contributed by atoms with Crippen LogP contribution in [0.1, 0.15) is 6.23 Å². The Balaban J connectivity index is 2.25. The Morgan fingerprint density at radius 2 is 1.73 bits per heavy atom. The van der Waals surface area contributed by atoms with Gasteiger partial charge in [-0.25, -0.2) is 13.7 Å². The Morgan fingerprint density at radius 1 is 1.15 bits per heavy atom. The van der Waals surface area contributed by atoms with Gasteiger partial charge in [-0.15, -0.1) is 0 Å². The van der Waals surface area contributed by atoms with E-state index in [1.165, 1.54) is 0 Å². The first-order chi connectivity index (χ1) is 14.7. The monoisotopic (exact) mass is 570 g/mol. The van der Waals surface area contributed by atoms with Gasteiger partial charge in [0.05, 0.1) is 18.9 Å². The number of aliphatic hydroxyl groups is 1. The summed E-state index contributed by atoms with van der Waals surface area (Å²) in [6.45, 7) is -1.42. The van der Waals surface area contributed by atoms with E-state index >= 15 is 0 Å². The Bertz CT molecular complexity index is 1150. The van der Waals surface area contributed by atoms with Gasteiger partial charge >= 0.3 is 29.6 Å². The van der Waals surface area contributed by atoms with Gasteiger partial charge in [0.1, 0.15) is 12.0 Å². The highest BCUT2D eigenvalue weighted by molar-refractivity contribution is 7.71. The number of aromatic nitrogens is 2. The molecule has 6 N–H and O–H groups in total. The molecule has 15 nitrogen and oxygen atoms in total. The second-order valence-electron chi connectivity index (χ2n) is 6.15. The summed E-state index contributed by atoms with van der Waals surface area (Å²) in [5, 5.41) is 10.0. The summed E-state index contributed by atoms with van der Waals surface area (Å²) >= 11 is 4.66. The van der Waals surface area contributed by atoms with E-state index in [2.05, 4.69) is 25.4 Å². The van der Waals surface area contributed by atoms with E-state index in [1.54, 1.807) is 4.98 Å². The van der Waals surface area contributed by atoms with Crippen molar-refractivity contribution in [1.82, 2.24) is 9.55 Å². The first kappa shape index (κ1) is 28.4. The molecule has 0 saturated carbocycles. The minimum absolute atomic E-state index is 0.266. The molecular weight excluding hydrogens is 557 g/mol. The summed E-state index contributed by atoms with van der Waals surface area (Å²) in [5.74, 6) is -4.39. The van der Waals surface area contributed by atoms with Crippen molar-refractivity contribution in [3.05, 3.63) is 27.1 Å². The molecule has 0 amide bonds. The van der Waals surface area contributed by atoms with Gasteiger partial charge in [0.15, 0.2) is 11.0 Å².